The van der Waals surface area contributed by atoms with Crippen LogP contribution < -0.4 is 11.4 Å². The van der Waals surface area contributed by atoms with E-state index in [0.29, 0.717) is 11.2 Å². The van der Waals surface area contributed by atoms with Crippen molar-refractivity contribution < 1.29 is 0 Å². The van der Waals surface area contributed by atoms with Gasteiger partial charge in [0.2, 0.25) is 0 Å². The second-order valence-electron chi connectivity index (χ2n) is 3.61. The van der Waals surface area contributed by atoms with Crippen LogP contribution in [0.3, 0.4) is 0 Å². The van der Waals surface area contributed by atoms with Gasteiger partial charge in [0.25, 0.3) is 0 Å². The fourth-order valence-electron chi connectivity index (χ4n) is 1.82. The highest BCUT2D eigenvalue weighted by atomic mass is 16.1. The second-order valence-corrected chi connectivity index (χ2v) is 3.61. The molecular weight excluding hydrogens is 214 g/mol. The van der Waals surface area contributed by atoms with Crippen LogP contribution in [0.25, 0.3) is 11.0 Å². The molecule has 1 aromatic carbocycles. The molecule has 4 heteroatoms. The van der Waals surface area contributed by atoms with E-state index in [1.807, 2.05) is 0 Å². The third-order valence-corrected chi connectivity index (χ3v) is 2.54. The first kappa shape index (κ1) is 10.9. The van der Waals surface area contributed by atoms with E-state index < -0.39 is 0 Å². The molecular formula is C13H11N3O. The van der Waals surface area contributed by atoms with E-state index in [-0.39, 0.29) is 18.8 Å². The Bertz CT molecular complexity index is 707. The SMILES string of the molecule is C#CCn1c(=O)n(CC#C)c2cc(N)ccc21. The van der Waals surface area contributed by atoms with Gasteiger partial charge in [0.05, 0.1) is 24.1 Å². The smallest absolute Gasteiger partial charge is 0.330 e. The molecule has 84 valence electrons. The molecule has 0 fully saturated rings. The predicted octanol–water partition coefficient (Wildman–Crippen LogP) is 0.652. The molecule has 0 radical (unpaired) electrons. The number of benzene rings is 1. The van der Waals surface area contributed by atoms with E-state index in [0.717, 1.165) is 5.52 Å². The van der Waals surface area contributed by atoms with E-state index in [2.05, 4.69) is 11.8 Å². The summed E-state index contributed by atoms with van der Waals surface area (Å²) in [5.41, 5.74) is 7.54. The quantitative estimate of drug-likeness (QED) is 0.602. The maximum absolute atomic E-state index is 12.1. The normalized spacial score (nSPS) is 10.0. The molecule has 0 atom stereocenters. The lowest BCUT2D eigenvalue weighted by Crippen LogP contribution is -2.23. The Morgan fingerprint density at radius 1 is 1.12 bits per heavy atom. The number of hydrogen-bond acceptors (Lipinski definition) is 2. The Balaban J connectivity index is 2.85. The van der Waals surface area contributed by atoms with Crippen LogP contribution in [0.4, 0.5) is 5.69 Å². The zero-order valence-electron chi connectivity index (χ0n) is 9.18. The van der Waals surface area contributed by atoms with Gasteiger partial charge >= 0.3 is 5.69 Å². The molecule has 0 aliphatic heterocycles. The van der Waals surface area contributed by atoms with Gasteiger partial charge in [-0.2, -0.15) is 0 Å². The Labute approximate surface area is 98.7 Å². The summed E-state index contributed by atoms with van der Waals surface area (Å²) >= 11 is 0. The molecule has 1 aromatic heterocycles. The van der Waals surface area contributed by atoms with Gasteiger partial charge in [0.15, 0.2) is 0 Å². The van der Waals surface area contributed by atoms with Crippen molar-refractivity contribution in [2.24, 2.45) is 0 Å². The topological polar surface area (TPSA) is 53.0 Å². The summed E-state index contributed by atoms with van der Waals surface area (Å²) in [5.74, 6) is 4.90. The van der Waals surface area contributed by atoms with Crippen LogP contribution in [0.2, 0.25) is 0 Å². The van der Waals surface area contributed by atoms with Crippen molar-refractivity contribution in [1.82, 2.24) is 9.13 Å². The highest BCUT2D eigenvalue weighted by Gasteiger charge is 2.11. The van der Waals surface area contributed by atoms with Gasteiger partial charge in [-0.25, -0.2) is 4.79 Å². The minimum absolute atomic E-state index is 0.205. The lowest BCUT2D eigenvalue weighted by Gasteiger charge is -1.98. The molecule has 4 nitrogen and oxygen atoms in total. The maximum atomic E-state index is 12.1. The average molecular weight is 225 g/mol. The van der Waals surface area contributed by atoms with Crippen LogP contribution in [-0.2, 0) is 13.1 Å². The van der Waals surface area contributed by atoms with Gasteiger partial charge in [0.1, 0.15) is 0 Å². The van der Waals surface area contributed by atoms with Crippen molar-refractivity contribution in [3.63, 3.8) is 0 Å². The Hall–Kier alpha value is -2.59. The molecule has 0 unspecified atom stereocenters. The van der Waals surface area contributed by atoms with Crippen LogP contribution in [0.1, 0.15) is 0 Å². The first-order valence-electron chi connectivity index (χ1n) is 5.04. The van der Waals surface area contributed by atoms with Gasteiger partial charge in [-0.3, -0.25) is 9.13 Å². The van der Waals surface area contributed by atoms with Gasteiger partial charge < -0.3 is 5.73 Å². The number of rotatable bonds is 2. The van der Waals surface area contributed by atoms with Gasteiger partial charge in [0, 0.05) is 5.69 Å². The number of fused-ring (bicyclic) bond motifs is 1. The van der Waals surface area contributed by atoms with E-state index in [1.54, 1.807) is 18.2 Å². The molecule has 2 rings (SSSR count). The number of nitrogen functional groups attached to an aromatic ring is 1. The third kappa shape index (κ3) is 1.66. The van der Waals surface area contributed by atoms with Crippen molar-refractivity contribution in [3.05, 3.63) is 28.7 Å². The zero-order valence-corrected chi connectivity index (χ0v) is 9.18. The van der Waals surface area contributed by atoms with Crippen LogP contribution in [0.15, 0.2) is 23.0 Å². The van der Waals surface area contributed by atoms with E-state index in [9.17, 15) is 4.79 Å². The third-order valence-electron chi connectivity index (χ3n) is 2.54. The molecule has 0 saturated carbocycles. The van der Waals surface area contributed by atoms with Crippen molar-refractivity contribution in [3.8, 4) is 24.7 Å². The lowest BCUT2D eigenvalue weighted by atomic mass is 10.2. The highest BCUT2D eigenvalue weighted by molar-refractivity contribution is 5.80. The number of aromatic nitrogens is 2. The zero-order chi connectivity index (χ0) is 12.4. The van der Waals surface area contributed by atoms with Gasteiger partial charge in [-0.05, 0) is 18.2 Å². The number of hydrogen-bond donors (Lipinski definition) is 1. The molecule has 0 bridgehead atoms. The van der Waals surface area contributed by atoms with E-state index in [1.165, 1.54) is 9.13 Å². The molecule has 0 amide bonds. The fraction of sp³-hybridized carbons (Fsp3) is 0.154. The maximum Gasteiger partial charge on any atom is 0.330 e. The van der Waals surface area contributed by atoms with Crippen LogP contribution >= 0.6 is 0 Å². The molecule has 0 aliphatic rings. The molecule has 0 spiro atoms. The monoisotopic (exact) mass is 225 g/mol. The van der Waals surface area contributed by atoms with Crippen molar-refractivity contribution in [2.75, 3.05) is 5.73 Å². The standard InChI is InChI=1S/C13H11N3O/c1-3-7-15-11-6-5-10(14)9-12(11)16(8-4-2)13(15)17/h1-2,5-6,9H,7-8,14H2. The second kappa shape index (κ2) is 4.11. The molecule has 0 saturated heterocycles. The number of nitrogens with two attached hydrogens (primary N) is 1. The lowest BCUT2D eigenvalue weighted by molar-refractivity contribution is 0.734. The Kier molecular flexibility index (Phi) is 2.64. The van der Waals surface area contributed by atoms with E-state index >= 15 is 0 Å². The van der Waals surface area contributed by atoms with Crippen LogP contribution in [0, 0.1) is 24.7 Å². The Morgan fingerprint density at radius 2 is 1.71 bits per heavy atom. The van der Waals surface area contributed by atoms with E-state index in [4.69, 9.17) is 18.6 Å². The number of terminal acetylenes is 2. The summed E-state index contributed by atoms with van der Waals surface area (Å²) in [7, 11) is 0. The molecule has 2 aromatic rings. The molecule has 0 aliphatic carbocycles. The molecule has 1 heterocycles. The van der Waals surface area contributed by atoms with Crippen molar-refractivity contribution >= 4 is 16.7 Å². The fourth-order valence-corrected chi connectivity index (χ4v) is 1.82. The molecule has 2 N–H and O–H groups in total. The summed E-state index contributed by atoms with van der Waals surface area (Å²) < 4.78 is 3.00. The summed E-state index contributed by atoms with van der Waals surface area (Å²) in [6.07, 6.45) is 10.5. The van der Waals surface area contributed by atoms with Gasteiger partial charge in [-0.15, -0.1) is 12.8 Å². The first-order chi connectivity index (χ1) is 8.19. The average Bonchev–Trinajstić information content (AvgIpc) is 2.55. The Morgan fingerprint density at radius 3 is 2.29 bits per heavy atom. The molecule has 17 heavy (non-hydrogen) atoms. The number of imidazole rings is 1. The minimum atomic E-state index is -0.207. The largest absolute Gasteiger partial charge is 0.399 e. The highest BCUT2D eigenvalue weighted by Crippen LogP contribution is 2.16. The predicted molar refractivity (Wildman–Crippen MR) is 68.3 cm³/mol. The number of nitrogens with zero attached hydrogens (tertiary/aromatic N) is 2. The van der Waals surface area contributed by atoms with Crippen molar-refractivity contribution in [1.29, 1.82) is 0 Å². The number of anilines is 1. The first-order valence-corrected chi connectivity index (χ1v) is 5.04. The minimum Gasteiger partial charge on any atom is -0.399 e. The summed E-state index contributed by atoms with van der Waals surface area (Å²) in [4.78, 5) is 12.1. The van der Waals surface area contributed by atoms with Crippen LogP contribution in [0.5, 0.6) is 0 Å². The summed E-state index contributed by atoms with van der Waals surface area (Å²) in [6.45, 7) is 0.424. The van der Waals surface area contributed by atoms with Crippen molar-refractivity contribution in [2.45, 2.75) is 13.1 Å². The summed E-state index contributed by atoms with van der Waals surface area (Å²) in [5, 5.41) is 0. The van der Waals surface area contributed by atoms with Gasteiger partial charge in [-0.1, -0.05) is 11.8 Å². The summed E-state index contributed by atoms with van der Waals surface area (Å²) in [6, 6.07) is 5.23. The van der Waals surface area contributed by atoms with Crippen LogP contribution in [-0.4, -0.2) is 9.13 Å².